The molecule has 0 saturated carbocycles. The fraction of sp³-hybridized carbons (Fsp3) is 0.389. The highest BCUT2D eigenvalue weighted by molar-refractivity contribution is 7.50. The lowest BCUT2D eigenvalue weighted by molar-refractivity contribution is -0.155. The van der Waals surface area contributed by atoms with E-state index in [9.17, 15) is 4.79 Å². The number of ether oxygens (including phenoxy) is 2. The molecule has 0 heterocycles. The third-order valence-electron chi connectivity index (χ3n) is 3.03. The summed E-state index contributed by atoms with van der Waals surface area (Å²) in [5.41, 5.74) is 0. The molecule has 0 aliphatic rings. The third-order valence-corrected chi connectivity index (χ3v) is 4.25. The van der Waals surface area contributed by atoms with Crippen LogP contribution in [0.4, 0.5) is 0 Å². The van der Waals surface area contributed by atoms with Gasteiger partial charge in [0, 0.05) is 19.2 Å². The highest BCUT2D eigenvalue weighted by atomic mass is 31.2. The number of hydrogen-bond donors (Lipinski definition) is 1. The number of benzene rings is 2. The molecule has 2 aromatic carbocycles. The highest BCUT2D eigenvalue weighted by Gasteiger charge is 2.18. The van der Waals surface area contributed by atoms with Crippen molar-refractivity contribution in [3.63, 3.8) is 0 Å². The van der Waals surface area contributed by atoms with E-state index in [4.69, 9.17) is 14.0 Å². The third kappa shape index (κ3) is 6.08. The van der Waals surface area contributed by atoms with Crippen molar-refractivity contribution in [1.82, 2.24) is 5.09 Å². The second-order valence-corrected chi connectivity index (χ2v) is 6.22. The van der Waals surface area contributed by atoms with Crippen LogP contribution in [0.1, 0.15) is 20.8 Å². The predicted octanol–water partition coefficient (Wildman–Crippen LogP) is 4.31. The Morgan fingerprint density at radius 1 is 1.17 bits per heavy atom. The molecular formula is C18H26NO4P. The number of hydrogen-bond acceptors (Lipinski definition) is 5. The summed E-state index contributed by atoms with van der Waals surface area (Å²) in [7, 11) is 0.465. The lowest BCUT2D eigenvalue weighted by atomic mass is 10.1. The van der Waals surface area contributed by atoms with Crippen LogP contribution in [-0.4, -0.2) is 32.6 Å². The van der Waals surface area contributed by atoms with Gasteiger partial charge in [0.2, 0.25) is 0 Å². The molecule has 0 saturated heterocycles. The number of rotatable bonds is 7. The molecule has 0 aliphatic heterocycles. The number of methoxy groups -OCH3 is 1. The first-order valence-electron chi connectivity index (χ1n) is 7.93. The Morgan fingerprint density at radius 3 is 2.54 bits per heavy atom. The largest absolute Gasteiger partial charge is 0.458 e. The van der Waals surface area contributed by atoms with Crippen molar-refractivity contribution < 1.29 is 18.8 Å². The van der Waals surface area contributed by atoms with Gasteiger partial charge < -0.3 is 14.0 Å². The van der Waals surface area contributed by atoms with E-state index in [-0.39, 0.29) is 12.8 Å². The zero-order valence-corrected chi connectivity index (χ0v) is 15.8. The van der Waals surface area contributed by atoms with Crippen molar-refractivity contribution >= 4 is 25.0 Å². The van der Waals surface area contributed by atoms with Crippen LogP contribution in [0, 0.1) is 0 Å². The molecule has 1 unspecified atom stereocenters. The van der Waals surface area contributed by atoms with Crippen molar-refractivity contribution in [1.29, 1.82) is 0 Å². The van der Waals surface area contributed by atoms with Gasteiger partial charge in [0.15, 0.2) is 15.1 Å². The summed E-state index contributed by atoms with van der Waals surface area (Å²) < 4.78 is 15.6. The van der Waals surface area contributed by atoms with Gasteiger partial charge >= 0.3 is 5.97 Å². The molecule has 0 fully saturated rings. The standard InChI is InChI=1S/C16H20NO4P.C2H6/c1-12(16(18)20-11-19-2)17-22(3)21-15-10-6-8-13-7-4-5-9-14(13)15;1-2/h4-10,12,17H,11H2,1-3H3;1-2H3/t12-,22?;/m0./s1. The molecule has 0 radical (unpaired) electrons. The second kappa shape index (κ2) is 11.0. The van der Waals surface area contributed by atoms with Crippen LogP contribution in [0.2, 0.25) is 0 Å². The zero-order valence-electron chi connectivity index (χ0n) is 14.9. The number of nitrogens with one attached hydrogen (secondary N) is 1. The molecule has 24 heavy (non-hydrogen) atoms. The normalized spacial score (nSPS) is 12.7. The minimum Gasteiger partial charge on any atom is -0.458 e. The minimum absolute atomic E-state index is 0.0450. The molecule has 0 aromatic heterocycles. The van der Waals surface area contributed by atoms with Crippen molar-refractivity contribution in [3.8, 4) is 5.75 Å². The van der Waals surface area contributed by atoms with E-state index in [0.717, 1.165) is 16.5 Å². The zero-order chi connectivity index (χ0) is 17.9. The molecule has 0 spiro atoms. The summed E-state index contributed by atoms with van der Waals surface area (Å²) in [6.07, 6.45) is 0. The molecule has 2 aromatic rings. The number of carbonyl (C=O) groups excluding carboxylic acids is 1. The molecule has 6 heteroatoms. The lowest BCUT2D eigenvalue weighted by Gasteiger charge is -2.20. The molecule has 132 valence electrons. The topological polar surface area (TPSA) is 56.8 Å². The Balaban J connectivity index is 0.00000139. The van der Waals surface area contributed by atoms with Gasteiger partial charge in [0.25, 0.3) is 0 Å². The van der Waals surface area contributed by atoms with Gasteiger partial charge in [-0.25, -0.2) is 0 Å². The van der Waals surface area contributed by atoms with E-state index in [1.54, 1.807) is 6.92 Å². The monoisotopic (exact) mass is 351 g/mol. The number of esters is 1. The van der Waals surface area contributed by atoms with Crippen molar-refractivity contribution in [2.45, 2.75) is 26.8 Å². The molecule has 0 amide bonds. The van der Waals surface area contributed by atoms with E-state index in [0.29, 0.717) is 0 Å². The van der Waals surface area contributed by atoms with Crippen molar-refractivity contribution in [2.75, 3.05) is 20.6 Å². The summed E-state index contributed by atoms with van der Waals surface area (Å²) >= 11 is 0. The van der Waals surface area contributed by atoms with Crippen LogP contribution in [0.5, 0.6) is 5.75 Å². The Morgan fingerprint density at radius 2 is 1.83 bits per heavy atom. The van der Waals surface area contributed by atoms with Gasteiger partial charge in [-0.2, -0.15) is 0 Å². The summed E-state index contributed by atoms with van der Waals surface area (Å²) in [5.74, 6) is 0.439. The average Bonchev–Trinajstić information content (AvgIpc) is 2.61. The Hall–Kier alpha value is -1.68. The Kier molecular flexibility index (Phi) is 9.31. The molecule has 5 nitrogen and oxygen atoms in total. The van der Waals surface area contributed by atoms with Gasteiger partial charge in [-0.05, 0) is 18.4 Å². The Labute approximate surface area is 145 Å². The quantitative estimate of drug-likeness (QED) is 0.458. The predicted molar refractivity (Wildman–Crippen MR) is 99.3 cm³/mol. The maximum Gasteiger partial charge on any atom is 0.325 e. The molecule has 0 bridgehead atoms. The summed E-state index contributed by atoms with van der Waals surface area (Å²) in [4.78, 5) is 11.7. The van der Waals surface area contributed by atoms with Crippen molar-refractivity contribution in [3.05, 3.63) is 42.5 Å². The smallest absolute Gasteiger partial charge is 0.325 e. The van der Waals surface area contributed by atoms with Crippen LogP contribution >= 0.6 is 8.30 Å². The number of carbonyl (C=O) groups is 1. The SMILES string of the molecule is CC.COCOC(=O)[C@H](C)NP(C)Oc1cccc2ccccc12. The average molecular weight is 351 g/mol. The van der Waals surface area contributed by atoms with Gasteiger partial charge in [-0.3, -0.25) is 9.88 Å². The van der Waals surface area contributed by atoms with Crippen LogP contribution in [0.25, 0.3) is 10.8 Å². The summed E-state index contributed by atoms with van der Waals surface area (Å²) in [6.45, 7) is 7.61. The van der Waals surface area contributed by atoms with E-state index in [1.165, 1.54) is 7.11 Å². The maximum atomic E-state index is 11.7. The van der Waals surface area contributed by atoms with Crippen LogP contribution in [0.15, 0.2) is 42.5 Å². The van der Waals surface area contributed by atoms with E-state index in [2.05, 4.69) is 5.09 Å². The van der Waals surface area contributed by atoms with Crippen LogP contribution in [0.3, 0.4) is 0 Å². The first-order valence-corrected chi connectivity index (χ1v) is 9.63. The molecule has 2 atom stereocenters. The summed E-state index contributed by atoms with van der Waals surface area (Å²) in [6, 6.07) is 13.5. The Bertz CT molecular complexity index is 630. The van der Waals surface area contributed by atoms with Crippen LogP contribution in [-0.2, 0) is 14.3 Å². The van der Waals surface area contributed by atoms with Crippen molar-refractivity contribution in [2.24, 2.45) is 0 Å². The molecule has 1 N–H and O–H groups in total. The van der Waals surface area contributed by atoms with Gasteiger partial charge in [-0.1, -0.05) is 50.2 Å². The fourth-order valence-electron chi connectivity index (χ4n) is 2.02. The molecule has 0 aliphatic carbocycles. The second-order valence-electron chi connectivity index (χ2n) is 4.79. The van der Waals surface area contributed by atoms with Crippen LogP contribution < -0.4 is 9.61 Å². The van der Waals surface area contributed by atoms with E-state index >= 15 is 0 Å². The van der Waals surface area contributed by atoms with Gasteiger partial charge in [0.05, 0.1) is 0 Å². The molecular weight excluding hydrogens is 325 g/mol. The van der Waals surface area contributed by atoms with Gasteiger partial charge in [0.1, 0.15) is 11.8 Å². The first-order chi connectivity index (χ1) is 11.6. The molecule has 2 rings (SSSR count). The first kappa shape index (κ1) is 20.4. The lowest BCUT2D eigenvalue weighted by Crippen LogP contribution is -2.33. The maximum absolute atomic E-state index is 11.7. The summed E-state index contributed by atoms with van der Waals surface area (Å²) in [5, 5.41) is 5.29. The van der Waals surface area contributed by atoms with E-state index < -0.39 is 14.3 Å². The number of fused-ring (bicyclic) bond motifs is 1. The fourth-order valence-corrected chi connectivity index (χ4v) is 3.17. The van der Waals surface area contributed by atoms with E-state index in [1.807, 2.05) is 63.0 Å². The minimum atomic E-state index is -1.01. The highest BCUT2D eigenvalue weighted by Crippen LogP contribution is 2.35. The van der Waals surface area contributed by atoms with Gasteiger partial charge in [-0.15, -0.1) is 0 Å².